The molecule has 0 aliphatic carbocycles. The van der Waals surface area contributed by atoms with Crippen LogP contribution < -0.4 is 15.4 Å². The van der Waals surface area contributed by atoms with Crippen LogP contribution in [0.25, 0.3) is 0 Å². The predicted molar refractivity (Wildman–Crippen MR) is 96.3 cm³/mol. The van der Waals surface area contributed by atoms with Gasteiger partial charge in [0.25, 0.3) is 0 Å². The maximum absolute atomic E-state index is 11.0. The summed E-state index contributed by atoms with van der Waals surface area (Å²) in [5.41, 5.74) is 1.10. The van der Waals surface area contributed by atoms with Crippen molar-refractivity contribution < 1.29 is 14.3 Å². The lowest BCUT2D eigenvalue weighted by atomic mass is 10.2. The van der Waals surface area contributed by atoms with Crippen LogP contribution in [0, 0.1) is 0 Å². The van der Waals surface area contributed by atoms with Gasteiger partial charge in [0.05, 0.1) is 13.7 Å². The lowest BCUT2D eigenvalue weighted by molar-refractivity contribution is -0.140. The van der Waals surface area contributed by atoms with Crippen molar-refractivity contribution in [3.63, 3.8) is 0 Å². The Morgan fingerprint density at radius 3 is 2.67 bits per heavy atom. The van der Waals surface area contributed by atoms with Gasteiger partial charge in [-0.25, -0.2) is 0 Å². The van der Waals surface area contributed by atoms with Gasteiger partial charge in [-0.15, -0.1) is 0 Å². The number of para-hydroxylation sites is 1. The molecule has 6 heteroatoms. The van der Waals surface area contributed by atoms with Crippen LogP contribution in [0.3, 0.4) is 0 Å². The van der Waals surface area contributed by atoms with Gasteiger partial charge in [-0.1, -0.05) is 24.6 Å². The van der Waals surface area contributed by atoms with E-state index in [-0.39, 0.29) is 5.97 Å². The summed E-state index contributed by atoms with van der Waals surface area (Å²) in [5, 5.41) is 6.56. The Kier molecular flexibility index (Phi) is 10.1. The van der Waals surface area contributed by atoms with Crippen LogP contribution in [-0.4, -0.2) is 39.2 Å². The molecule has 0 saturated heterocycles. The second-order valence-corrected chi connectivity index (χ2v) is 5.28. The Labute approximate surface area is 144 Å². The van der Waals surface area contributed by atoms with E-state index in [2.05, 4.69) is 20.4 Å². The molecule has 0 heterocycles. The van der Waals surface area contributed by atoms with Crippen molar-refractivity contribution in [2.75, 3.05) is 27.3 Å². The van der Waals surface area contributed by atoms with E-state index in [1.54, 1.807) is 7.05 Å². The predicted octanol–water partition coefficient (Wildman–Crippen LogP) is 2.48. The number of nitrogens with one attached hydrogen (secondary N) is 2. The van der Waals surface area contributed by atoms with Crippen molar-refractivity contribution in [2.45, 2.75) is 39.2 Å². The summed E-state index contributed by atoms with van der Waals surface area (Å²) >= 11 is 0. The molecule has 0 bridgehead atoms. The molecule has 0 spiro atoms. The van der Waals surface area contributed by atoms with Crippen molar-refractivity contribution in [2.24, 2.45) is 4.99 Å². The van der Waals surface area contributed by atoms with Crippen molar-refractivity contribution in [1.82, 2.24) is 10.6 Å². The van der Waals surface area contributed by atoms with E-state index in [0.717, 1.165) is 43.1 Å². The average molecular weight is 335 g/mol. The molecule has 0 unspecified atom stereocenters. The Bertz CT molecular complexity index is 518. The molecule has 0 aromatic heterocycles. The summed E-state index contributed by atoms with van der Waals surface area (Å²) < 4.78 is 10.2. The smallest absolute Gasteiger partial charge is 0.305 e. The molecule has 0 radical (unpaired) electrons. The van der Waals surface area contributed by atoms with Crippen molar-refractivity contribution in [3.8, 4) is 5.75 Å². The van der Waals surface area contributed by atoms with Gasteiger partial charge >= 0.3 is 5.97 Å². The first-order valence-corrected chi connectivity index (χ1v) is 8.43. The summed E-state index contributed by atoms with van der Waals surface area (Å²) in [6.07, 6.45) is 3.29. The number of guanidine groups is 1. The average Bonchev–Trinajstić information content (AvgIpc) is 2.61. The van der Waals surface area contributed by atoms with E-state index >= 15 is 0 Å². The molecular weight excluding hydrogens is 306 g/mol. The van der Waals surface area contributed by atoms with E-state index in [9.17, 15) is 4.79 Å². The normalized spacial score (nSPS) is 11.0. The SMILES string of the molecule is CCOc1ccccc1CNC(=NC)NCCCCCC(=O)OC. The molecule has 2 N–H and O–H groups in total. The van der Waals surface area contributed by atoms with E-state index < -0.39 is 0 Å². The summed E-state index contributed by atoms with van der Waals surface area (Å²) in [5.74, 6) is 1.51. The highest BCUT2D eigenvalue weighted by molar-refractivity contribution is 5.79. The Morgan fingerprint density at radius 2 is 1.96 bits per heavy atom. The molecule has 0 saturated carbocycles. The van der Waals surface area contributed by atoms with Gasteiger partial charge in [-0.2, -0.15) is 0 Å². The van der Waals surface area contributed by atoms with Gasteiger partial charge in [-0.3, -0.25) is 9.79 Å². The number of rotatable bonds is 10. The van der Waals surface area contributed by atoms with Gasteiger partial charge < -0.3 is 20.1 Å². The summed E-state index contributed by atoms with van der Waals surface area (Å²) in [6, 6.07) is 7.98. The Morgan fingerprint density at radius 1 is 1.17 bits per heavy atom. The van der Waals surface area contributed by atoms with E-state index in [1.165, 1.54) is 7.11 Å². The highest BCUT2D eigenvalue weighted by Crippen LogP contribution is 2.17. The number of unbranched alkanes of at least 4 members (excludes halogenated alkanes) is 2. The van der Waals surface area contributed by atoms with Crippen LogP contribution in [0.4, 0.5) is 0 Å². The van der Waals surface area contributed by atoms with E-state index in [1.807, 2.05) is 31.2 Å². The van der Waals surface area contributed by atoms with Crippen LogP contribution in [-0.2, 0) is 16.1 Å². The highest BCUT2D eigenvalue weighted by atomic mass is 16.5. The largest absolute Gasteiger partial charge is 0.494 e. The molecule has 0 amide bonds. The second-order valence-electron chi connectivity index (χ2n) is 5.28. The third-order valence-corrected chi connectivity index (χ3v) is 3.52. The number of benzene rings is 1. The number of hydrogen-bond donors (Lipinski definition) is 2. The Balaban J connectivity index is 2.27. The molecule has 1 aromatic rings. The minimum atomic E-state index is -0.145. The van der Waals surface area contributed by atoms with Crippen LogP contribution in [0.1, 0.15) is 38.2 Å². The molecule has 0 atom stereocenters. The molecule has 24 heavy (non-hydrogen) atoms. The zero-order valence-electron chi connectivity index (χ0n) is 14.9. The van der Waals surface area contributed by atoms with Crippen LogP contribution in [0.5, 0.6) is 5.75 Å². The third-order valence-electron chi connectivity index (χ3n) is 3.52. The monoisotopic (exact) mass is 335 g/mol. The molecule has 1 aromatic carbocycles. The lowest BCUT2D eigenvalue weighted by Gasteiger charge is -2.14. The maximum atomic E-state index is 11.0. The lowest BCUT2D eigenvalue weighted by Crippen LogP contribution is -2.37. The fourth-order valence-corrected chi connectivity index (χ4v) is 2.23. The van der Waals surface area contributed by atoms with Gasteiger partial charge in [0.1, 0.15) is 5.75 Å². The third kappa shape index (κ3) is 7.85. The number of esters is 1. The highest BCUT2D eigenvalue weighted by Gasteiger charge is 2.04. The minimum absolute atomic E-state index is 0.145. The molecule has 0 fully saturated rings. The summed E-state index contributed by atoms with van der Waals surface area (Å²) in [4.78, 5) is 15.2. The van der Waals surface area contributed by atoms with Crippen LogP contribution in [0.15, 0.2) is 29.3 Å². The minimum Gasteiger partial charge on any atom is -0.494 e. The molecule has 0 aliphatic heterocycles. The summed E-state index contributed by atoms with van der Waals surface area (Å²) in [7, 11) is 3.17. The van der Waals surface area contributed by atoms with E-state index in [4.69, 9.17) is 4.74 Å². The number of carbonyl (C=O) groups excluding carboxylic acids is 1. The number of aliphatic imine (C=N–C) groups is 1. The number of nitrogens with zero attached hydrogens (tertiary/aromatic N) is 1. The first-order valence-electron chi connectivity index (χ1n) is 8.43. The quantitative estimate of drug-likeness (QED) is 0.297. The fourth-order valence-electron chi connectivity index (χ4n) is 2.23. The van der Waals surface area contributed by atoms with Gasteiger partial charge in [0.2, 0.25) is 0 Å². The van der Waals surface area contributed by atoms with Gasteiger partial charge in [-0.05, 0) is 25.8 Å². The van der Waals surface area contributed by atoms with Crippen LogP contribution >= 0.6 is 0 Å². The molecule has 134 valence electrons. The maximum Gasteiger partial charge on any atom is 0.305 e. The molecule has 6 nitrogen and oxygen atoms in total. The fraction of sp³-hybridized carbons (Fsp3) is 0.556. The van der Waals surface area contributed by atoms with Crippen molar-refractivity contribution >= 4 is 11.9 Å². The second kappa shape index (κ2) is 12.2. The van der Waals surface area contributed by atoms with Crippen molar-refractivity contribution in [1.29, 1.82) is 0 Å². The van der Waals surface area contributed by atoms with Gasteiger partial charge in [0, 0.05) is 32.1 Å². The van der Waals surface area contributed by atoms with Gasteiger partial charge in [0.15, 0.2) is 5.96 Å². The molecule has 0 aliphatic rings. The van der Waals surface area contributed by atoms with Crippen LogP contribution in [0.2, 0.25) is 0 Å². The topological polar surface area (TPSA) is 72.0 Å². The van der Waals surface area contributed by atoms with Crippen molar-refractivity contribution in [3.05, 3.63) is 29.8 Å². The number of methoxy groups -OCH3 is 1. The molecule has 1 rings (SSSR count). The standard InChI is InChI=1S/C18H29N3O3/c1-4-24-16-11-8-7-10-15(16)14-21-18(19-2)20-13-9-5-6-12-17(22)23-3/h7-8,10-11H,4-6,9,12-14H2,1-3H3,(H2,19,20,21). The molecular formula is C18H29N3O3. The number of carbonyl (C=O) groups is 1. The first-order chi connectivity index (χ1) is 11.7. The zero-order valence-corrected chi connectivity index (χ0v) is 14.9. The van der Waals surface area contributed by atoms with E-state index in [0.29, 0.717) is 19.6 Å². The first kappa shape index (κ1) is 19.8. The zero-order chi connectivity index (χ0) is 17.6. The number of ether oxygens (including phenoxy) is 2. The number of hydrogen-bond acceptors (Lipinski definition) is 4. The Hall–Kier alpha value is -2.24. The summed E-state index contributed by atoms with van der Waals surface area (Å²) in [6.45, 7) is 4.09.